The summed E-state index contributed by atoms with van der Waals surface area (Å²) in [5.74, 6) is -1.14. The Labute approximate surface area is 107 Å². The fraction of sp³-hybridized carbons (Fsp3) is 0.143. The lowest BCUT2D eigenvalue weighted by Gasteiger charge is -2.13. The first-order valence-electron chi connectivity index (χ1n) is 5.28. The van der Waals surface area contributed by atoms with Gasteiger partial charge in [-0.05, 0) is 29.3 Å². The van der Waals surface area contributed by atoms with Gasteiger partial charge in [0.1, 0.15) is 11.6 Å². The van der Waals surface area contributed by atoms with Crippen molar-refractivity contribution in [3.63, 3.8) is 0 Å². The summed E-state index contributed by atoms with van der Waals surface area (Å²) in [5, 5.41) is 0. The van der Waals surface area contributed by atoms with Crippen LogP contribution in [-0.4, -0.2) is 0 Å². The number of benzene rings is 2. The first kappa shape index (κ1) is 12.2. The molecule has 0 amide bonds. The molecular weight excluding hydrogens is 286 g/mol. The van der Waals surface area contributed by atoms with E-state index in [4.69, 9.17) is 0 Å². The summed E-state index contributed by atoms with van der Waals surface area (Å²) < 4.78 is 27.4. The number of halogens is 3. The molecule has 0 fully saturated rings. The summed E-state index contributed by atoms with van der Waals surface area (Å²) in [4.78, 5) is 0. The first-order valence-corrected chi connectivity index (χ1v) is 6.07. The van der Waals surface area contributed by atoms with Gasteiger partial charge >= 0.3 is 0 Å². The molecule has 0 spiro atoms. The number of hydrogen-bond acceptors (Lipinski definition) is 0. The van der Waals surface area contributed by atoms with Crippen LogP contribution in [-0.2, 0) is 0 Å². The second kappa shape index (κ2) is 4.96. The van der Waals surface area contributed by atoms with E-state index in [-0.39, 0.29) is 5.92 Å². The summed E-state index contributed by atoms with van der Waals surface area (Å²) in [6.45, 7) is 1.90. The van der Waals surface area contributed by atoms with Gasteiger partial charge in [0.05, 0.1) is 0 Å². The monoisotopic (exact) mass is 296 g/mol. The standard InChI is InChI=1S/C14H11BrF2/c1-9(10-2-4-11(15)5-3-10)13-7-6-12(16)8-14(13)17/h2-9H,1H3/t9-/m1/s1. The van der Waals surface area contributed by atoms with Crippen LogP contribution in [0.2, 0.25) is 0 Å². The Morgan fingerprint density at radius 3 is 2.24 bits per heavy atom. The Morgan fingerprint density at radius 1 is 1.00 bits per heavy atom. The predicted molar refractivity (Wildman–Crippen MR) is 68.0 cm³/mol. The Morgan fingerprint density at radius 2 is 1.65 bits per heavy atom. The van der Waals surface area contributed by atoms with E-state index in [2.05, 4.69) is 15.9 Å². The van der Waals surface area contributed by atoms with Crippen LogP contribution < -0.4 is 0 Å². The summed E-state index contributed by atoms with van der Waals surface area (Å²) in [6.07, 6.45) is 0. The van der Waals surface area contributed by atoms with Crippen molar-refractivity contribution < 1.29 is 8.78 Å². The average molecular weight is 297 g/mol. The maximum absolute atomic E-state index is 13.6. The second-order valence-electron chi connectivity index (χ2n) is 3.94. The number of hydrogen-bond donors (Lipinski definition) is 0. The SMILES string of the molecule is C[C@H](c1ccc(Br)cc1)c1ccc(F)cc1F. The molecule has 0 saturated carbocycles. The molecule has 0 aliphatic carbocycles. The predicted octanol–water partition coefficient (Wildman–Crippen LogP) is 4.88. The molecule has 17 heavy (non-hydrogen) atoms. The van der Waals surface area contributed by atoms with Crippen molar-refractivity contribution in [2.45, 2.75) is 12.8 Å². The molecule has 2 rings (SSSR count). The van der Waals surface area contributed by atoms with Crippen LogP contribution in [0, 0.1) is 11.6 Å². The van der Waals surface area contributed by atoms with Gasteiger partial charge in [-0.2, -0.15) is 0 Å². The van der Waals surface area contributed by atoms with Crippen LogP contribution in [0.1, 0.15) is 24.0 Å². The van der Waals surface area contributed by atoms with E-state index < -0.39 is 11.6 Å². The Balaban J connectivity index is 2.36. The van der Waals surface area contributed by atoms with Gasteiger partial charge in [0.25, 0.3) is 0 Å². The fourth-order valence-corrected chi connectivity index (χ4v) is 2.05. The van der Waals surface area contributed by atoms with E-state index in [1.807, 2.05) is 31.2 Å². The molecule has 0 aromatic heterocycles. The lowest BCUT2D eigenvalue weighted by molar-refractivity contribution is 0.568. The zero-order valence-corrected chi connectivity index (χ0v) is 10.8. The highest BCUT2D eigenvalue weighted by molar-refractivity contribution is 9.10. The minimum Gasteiger partial charge on any atom is -0.207 e. The second-order valence-corrected chi connectivity index (χ2v) is 4.85. The third-order valence-electron chi connectivity index (χ3n) is 2.80. The minimum atomic E-state index is -0.547. The lowest BCUT2D eigenvalue weighted by atomic mass is 9.93. The van der Waals surface area contributed by atoms with Crippen LogP contribution >= 0.6 is 15.9 Å². The van der Waals surface area contributed by atoms with Crippen LogP contribution in [0.5, 0.6) is 0 Å². The van der Waals surface area contributed by atoms with Crippen LogP contribution in [0.15, 0.2) is 46.9 Å². The quantitative estimate of drug-likeness (QED) is 0.741. The Hall–Kier alpha value is -1.22. The van der Waals surface area contributed by atoms with Crippen molar-refractivity contribution in [1.82, 2.24) is 0 Å². The van der Waals surface area contributed by atoms with Crippen molar-refractivity contribution in [2.75, 3.05) is 0 Å². The third kappa shape index (κ3) is 2.72. The smallest absolute Gasteiger partial charge is 0.129 e. The average Bonchev–Trinajstić information content (AvgIpc) is 2.29. The molecule has 2 aromatic carbocycles. The Bertz CT molecular complexity index is 520. The first-order chi connectivity index (χ1) is 8.08. The molecule has 0 nitrogen and oxygen atoms in total. The highest BCUT2D eigenvalue weighted by Gasteiger charge is 2.13. The normalized spacial score (nSPS) is 12.5. The van der Waals surface area contributed by atoms with Crippen LogP contribution in [0.25, 0.3) is 0 Å². The van der Waals surface area contributed by atoms with Crippen LogP contribution in [0.4, 0.5) is 8.78 Å². The van der Waals surface area contributed by atoms with Gasteiger partial charge in [0.2, 0.25) is 0 Å². The third-order valence-corrected chi connectivity index (χ3v) is 3.33. The van der Waals surface area contributed by atoms with Gasteiger partial charge in [0.15, 0.2) is 0 Å². The maximum atomic E-state index is 13.6. The van der Waals surface area contributed by atoms with Gasteiger partial charge in [-0.3, -0.25) is 0 Å². The van der Waals surface area contributed by atoms with E-state index in [9.17, 15) is 8.78 Å². The lowest BCUT2D eigenvalue weighted by Crippen LogP contribution is -1.99. The topological polar surface area (TPSA) is 0 Å². The molecule has 0 bridgehead atoms. The highest BCUT2D eigenvalue weighted by atomic mass is 79.9. The van der Waals surface area contributed by atoms with Gasteiger partial charge in [-0.25, -0.2) is 8.78 Å². The van der Waals surface area contributed by atoms with Crippen molar-refractivity contribution in [3.05, 3.63) is 69.7 Å². The van der Waals surface area contributed by atoms with Crippen LogP contribution in [0.3, 0.4) is 0 Å². The Kier molecular flexibility index (Phi) is 3.57. The van der Waals surface area contributed by atoms with Gasteiger partial charge < -0.3 is 0 Å². The molecule has 0 aliphatic heterocycles. The zero-order valence-electron chi connectivity index (χ0n) is 9.25. The summed E-state index contributed by atoms with van der Waals surface area (Å²) in [6, 6.07) is 11.4. The van der Waals surface area contributed by atoms with Gasteiger partial charge in [-0.15, -0.1) is 0 Å². The fourth-order valence-electron chi connectivity index (χ4n) is 1.78. The molecule has 3 heteroatoms. The molecule has 0 N–H and O–H groups in total. The molecule has 0 radical (unpaired) electrons. The number of rotatable bonds is 2. The zero-order chi connectivity index (χ0) is 12.4. The van der Waals surface area contributed by atoms with Gasteiger partial charge in [-0.1, -0.05) is 41.1 Å². The summed E-state index contributed by atoms with van der Waals surface area (Å²) in [5.41, 5.74) is 1.51. The van der Waals surface area contributed by atoms with E-state index in [0.717, 1.165) is 16.1 Å². The summed E-state index contributed by atoms with van der Waals surface area (Å²) in [7, 11) is 0. The molecule has 1 atom stereocenters. The van der Waals surface area contributed by atoms with E-state index in [1.54, 1.807) is 0 Å². The van der Waals surface area contributed by atoms with Crippen molar-refractivity contribution in [3.8, 4) is 0 Å². The molecule has 0 aliphatic rings. The van der Waals surface area contributed by atoms with Gasteiger partial charge in [0, 0.05) is 16.5 Å². The maximum Gasteiger partial charge on any atom is 0.129 e. The highest BCUT2D eigenvalue weighted by Crippen LogP contribution is 2.27. The molecule has 88 valence electrons. The van der Waals surface area contributed by atoms with Crippen molar-refractivity contribution in [1.29, 1.82) is 0 Å². The molecule has 0 heterocycles. The molecular formula is C14H11BrF2. The van der Waals surface area contributed by atoms with Crippen molar-refractivity contribution in [2.24, 2.45) is 0 Å². The molecule has 0 unspecified atom stereocenters. The van der Waals surface area contributed by atoms with Crippen molar-refractivity contribution >= 4 is 15.9 Å². The largest absolute Gasteiger partial charge is 0.207 e. The molecule has 2 aromatic rings. The molecule has 0 saturated heterocycles. The minimum absolute atomic E-state index is 0.0938. The summed E-state index contributed by atoms with van der Waals surface area (Å²) >= 11 is 3.35. The van der Waals surface area contributed by atoms with E-state index in [1.165, 1.54) is 12.1 Å². The van der Waals surface area contributed by atoms with E-state index in [0.29, 0.717) is 5.56 Å². The van der Waals surface area contributed by atoms with E-state index >= 15 is 0 Å².